The van der Waals surface area contributed by atoms with Crippen molar-refractivity contribution < 1.29 is 4.52 Å². The maximum absolute atomic E-state index is 6.00. The summed E-state index contributed by atoms with van der Waals surface area (Å²) in [6.45, 7) is 0.692. The Hall–Kier alpha value is -1.75. The fraction of sp³-hybridized carbons (Fsp3) is 0.533. The topological polar surface area (TPSA) is 77.8 Å². The van der Waals surface area contributed by atoms with E-state index in [2.05, 4.69) is 15.1 Å². The molecule has 1 aliphatic rings. The summed E-state index contributed by atoms with van der Waals surface area (Å²) >= 11 is 0. The minimum absolute atomic E-state index is 0.150. The molecule has 2 N–H and O–H groups in total. The van der Waals surface area contributed by atoms with Gasteiger partial charge in [0.15, 0.2) is 0 Å². The number of nitrogens with two attached hydrogens (primary N) is 1. The number of nitrogens with zero attached hydrogens (tertiary/aromatic N) is 3. The molecule has 3 rings (SSSR count). The van der Waals surface area contributed by atoms with Crippen LogP contribution in [0.2, 0.25) is 0 Å². The number of pyridine rings is 1. The first-order valence-corrected chi connectivity index (χ1v) is 7.24. The standard InChI is InChI=1S/C15H20N4O/c16-11-15(6-2-1-3-7-15)9-13-18-14(19-20-13)12-5-4-8-17-10-12/h4-5,8,10H,1-3,6-7,9,11,16H2. The van der Waals surface area contributed by atoms with E-state index in [-0.39, 0.29) is 5.41 Å². The predicted molar refractivity (Wildman–Crippen MR) is 75.8 cm³/mol. The van der Waals surface area contributed by atoms with E-state index >= 15 is 0 Å². The summed E-state index contributed by atoms with van der Waals surface area (Å²) in [7, 11) is 0. The van der Waals surface area contributed by atoms with E-state index in [9.17, 15) is 0 Å². The molecule has 0 aliphatic heterocycles. The minimum Gasteiger partial charge on any atom is -0.339 e. The molecule has 1 aliphatic carbocycles. The molecule has 0 radical (unpaired) electrons. The third kappa shape index (κ3) is 2.72. The van der Waals surface area contributed by atoms with Crippen molar-refractivity contribution in [3.05, 3.63) is 30.4 Å². The maximum Gasteiger partial charge on any atom is 0.227 e. The van der Waals surface area contributed by atoms with Gasteiger partial charge in [-0.2, -0.15) is 4.98 Å². The molecule has 0 saturated heterocycles. The van der Waals surface area contributed by atoms with Crippen LogP contribution in [-0.4, -0.2) is 21.7 Å². The Morgan fingerprint density at radius 2 is 2.10 bits per heavy atom. The summed E-state index contributed by atoms with van der Waals surface area (Å²) in [6, 6.07) is 3.80. The lowest BCUT2D eigenvalue weighted by molar-refractivity contribution is 0.177. The fourth-order valence-electron chi connectivity index (χ4n) is 3.01. The molecule has 1 saturated carbocycles. The summed E-state index contributed by atoms with van der Waals surface area (Å²) in [5.41, 5.74) is 7.04. The summed E-state index contributed by atoms with van der Waals surface area (Å²) < 4.78 is 5.40. The van der Waals surface area contributed by atoms with Crippen molar-refractivity contribution in [3.63, 3.8) is 0 Å². The SMILES string of the molecule is NCC1(Cc2nc(-c3cccnc3)no2)CCCCC1. The van der Waals surface area contributed by atoms with Gasteiger partial charge >= 0.3 is 0 Å². The first-order chi connectivity index (χ1) is 9.81. The first kappa shape index (κ1) is 13.2. The minimum atomic E-state index is 0.150. The maximum atomic E-state index is 6.00. The molecular formula is C15H20N4O. The van der Waals surface area contributed by atoms with Gasteiger partial charge < -0.3 is 10.3 Å². The second-order valence-corrected chi connectivity index (χ2v) is 5.69. The summed E-state index contributed by atoms with van der Waals surface area (Å²) in [5.74, 6) is 1.30. The van der Waals surface area contributed by atoms with Crippen molar-refractivity contribution in [2.75, 3.05) is 6.54 Å². The van der Waals surface area contributed by atoms with Crippen LogP contribution in [0.3, 0.4) is 0 Å². The van der Waals surface area contributed by atoms with Crippen molar-refractivity contribution in [3.8, 4) is 11.4 Å². The van der Waals surface area contributed by atoms with Gasteiger partial charge in [0.2, 0.25) is 11.7 Å². The lowest BCUT2D eigenvalue weighted by Crippen LogP contribution is -2.35. The number of hydrogen-bond donors (Lipinski definition) is 1. The third-order valence-electron chi connectivity index (χ3n) is 4.26. The van der Waals surface area contributed by atoms with Crippen LogP contribution in [-0.2, 0) is 6.42 Å². The van der Waals surface area contributed by atoms with Crippen LogP contribution in [0.15, 0.2) is 29.0 Å². The van der Waals surface area contributed by atoms with E-state index < -0.39 is 0 Å². The monoisotopic (exact) mass is 272 g/mol. The average molecular weight is 272 g/mol. The molecule has 0 amide bonds. The number of hydrogen-bond acceptors (Lipinski definition) is 5. The Balaban J connectivity index is 1.77. The van der Waals surface area contributed by atoms with Crippen molar-refractivity contribution in [1.29, 1.82) is 0 Å². The zero-order chi connectivity index (χ0) is 13.8. The van der Waals surface area contributed by atoms with E-state index in [0.717, 1.165) is 24.8 Å². The molecular weight excluding hydrogens is 252 g/mol. The lowest BCUT2D eigenvalue weighted by Gasteiger charge is -2.34. The second-order valence-electron chi connectivity index (χ2n) is 5.69. The molecule has 0 atom stereocenters. The molecule has 2 heterocycles. The molecule has 0 bridgehead atoms. The highest BCUT2D eigenvalue weighted by Crippen LogP contribution is 2.38. The molecule has 0 spiro atoms. The Morgan fingerprint density at radius 3 is 2.80 bits per heavy atom. The molecule has 0 unspecified atom stereocenters. The van der Waals surface area contributed by atoms with Gasteiger partial charge in [0.1, 0.15) is 0 Å². The largest absolute Gasteiger partial charge is 0.339 e. The van der Waals surface area contributed by atoms with Gasteiger partial charge in [-0.1, -0.05) is 24.4 Å². The second kappa shape index (κ2) is 5.71. The van der Waals surface area contributed by atoms with E-state index in [1.54, 1.807) is 12.4 Å². The summed E-state index contributed by atoms with van der Waals surface area (Å²) in [6.07, 6.45) is 10.4. The van der Waals surface area contributed by atoms with Gasteiger partial charge in [0.25, 0.3) is 0 Å². The van der Waals surface area contributed by atoms with E-state index in [1.807, 2.05) is 12.1 Å². The van der Waals surface area contributed by atoms with E-state index in [4.69, 9.17) is 10.3 Å². The molecule has 20 heavy (non-hydrogen) atoms. The number of aromatic nitrogens is 3. The number of rotatable bonds is 4. The highest BCUT2D eigenvalue weighted by atomic mass is 16.5. The van der Waals surface area contributed by atoms with Crippen LogP contribution in [0.5, 0.6) is 0 Å². The van der Waals surface area contributed by atoms with Crippen LogP contribution in [0.25, 0.3) is 11.4 Å². The first-order valence-electron chi connectivity index (χ1n) is 7.24. The van der Waals surface area contributed by atoms with Gasteiger partial charge in [-0.25, -0.2) is 0 Å². The van der Waals surface area contributed by atoms with Gasteiger partial charge in [-0.05, 0) is 36.9 Å². The highest BCUT2D eigenvalue weighted by molar-refractivity contribution is 5.51. The van der Waals surface area contributed by atoms with Crippen molar-refractivity contribution >= 4 is 0 Å². The summed E-state index contributed by atoms with van der Waals surface area (Å²) in [4.78, 5) is 8.57. The Kier molecular flexibility index (Phi) is 3.78. The van der Waals surface area contributed by atoms with Crippen molar-refractivity contribution in [2.24, 2.45) is 11.1 Å². The van der Waals surface area contributed by atoms with Gasteiger partial charge in [0, 0.05) is 24.4 Å². The molecule has 2 aromatic heterocycles. The quantitative estimate of drug-likeness (QED) is 0.925. The van der Waals surface area contributed by atoms with Gasteiger partial charge in [-0.15, -0.1) is 0 Å². The fourth-order valence-corrected chi connectivity index (χ4v) is 3.01. The molecule has 0 aromatic carbocycles. The van der Waals surface area contributed by atoms with E-state index in [1.165, 1.54) is 19.3 Å². The average Bonchev–Trinajstić information content (AvgIpc) is 2.97. The molecule has 5 nitrogen and oxygen atoms in total. The molecule has 106 valence electrons. The van der Waals surface area contributed by atoms with Crippen LogP contribution in [0.1, 0.15) is 38.0 Å². The Bertz CT molecular complexity index is 546. The Labute approximate surface area is 118 Å². The van der Waals surface area contributed by atoms with Crippen LogP contribution in [0, 0.1) is 5.41 Å². The Morgan fingerprint density at radius 1 is 1.25 bits per heavy atom. The normalized spacial score (nSPS) is 18.1. The van der Waals surface area contributed by atoms with Crippen LogP contribution >= 0.6 is 0 Å². The van der Waals surface area contributed by atoms with Crippen molar-refractivity contribution in [1.82, 2.24) is 15.1 Å². The molecule has 1 fully saturated rings. The molecule has 5 heteroatoms. The third-order valence-corrected chi connectivity index (χ3v) is 4.26. The van der Waals surface area contributed by atoms with Crippen LogP contribution in [0.4, 0.5) is 0 Å². The predicted octanol–water partition coefficient (Wildman–Crippen LogP) is 2.58. The lowest BCUT2D eigenvalue weighted by atomic mass is 9.72. The molecule has 2 aromatic rings. The summed E-state index contributed by atoms with van der Waals surface area (Å²) in [5, 5.41) is 4.05. The highest BCUT2D eigenvalue weighted by Gasteiger charge is 2.32. The van der Waals surface area contributed by atoms with Gasteiger partial charge in [0.05, 0.1) is 0 Å². The zero-order valence-corrected chi connectivity index (χ0v) is 11.6. The smallest absolute Gasteiger partial charge is 0.227 e. The zero-order valence-electron chi connectivity index (χ0n) is 11.6. The van der Waals surface area contributed by atoms with Gasteiger partial charge in [-0.3, -0.25) is 4.98 Å². The van der Waals surface area contributed by atoms with E-state index in [0.29, 0.717) is 18.3 Å². The van der Waals surface area contributed by atoms with Crippen LogP contribution < -0.4 is 5.73 Å². The van der Waals surface area contributed by atoms with Crippen molar-refractivity contribution in [2.45, 2.75) is 38.5 Å².